The Hall–Kier alpha value is -8.37. The topological polar surface area (TPSA) is 336 Å². The minimum Gasteiger partial charge on any atom is -0.467 e. The smallest absolute Gasteiger partial charge is 0.410 e. The Morgan fingerprint density at radius 2 is 1.36 bits per heavy atom. The third-order valence-corrected chi connectivity index (χ3v) is 16.9. The summed E-state index contributed by atoms with van der Waals surface area (Å²) in [4.78, 5) is 152. The lowest BCUT2D eigenvalue weighted by molar-refractivity contribution is -0.288. The minimum atomic E-state index is -1.69. The summed E-state index contributed by atoms with van der Waals surface area (Å²) in [5.41, 5.74) is 0.945. The van der Waals surface area contributed by atoms with Crippen LogP contribution in [0.5, 0.6) is 5.75 Å². The molecule has 2 fully saturated rings. The van der Waals surface area contributed by atoms with E-state index in [-0.39, 0.29) is 59.3 Å². The van der Waals surface area contributed by atoms with Crippen molar-refractivity contribution < 1.29 is 109 Å². The van der Waals surface area contributed by atoms with Crippen LogP contribution in [0.1, 0.15) is 130 Å². The van der Waals surface area contributed by atoms with Crippen molar-refractivity contribution in [1.29, 1.82) is 0 Å². The van der Waals surface area contributed by atoms with Gasteiger partial charge in [-0.1, -0.05) is 85.2 Å². The normalized spacial score (nSPS) is 20.3. The Morgan fingerprint density at radius 1 is 0.716 bits per heavy atom. The zero-order valence-corrected chi connectivity index (χ0v) is 57.5. The lowest BCUT2D eigenvalue weighted by atomic mass is 9.89. The Kier molecular flexibility index (Phi) is 29.3. The Bertz CT molecular complexity index is 3150. The van der Waals surface area contributed by atoms with Gasteiger partial charge in [-0.25, -0.2) is 14.4 Å². The number of methoxy groups -OCH3 is 3. The van der Waals surface area contributed by atoms with Crippen LogP contribution in [0, 0.1) is 23.7 Å². The van der Waals surface area contributed by atoms with E-state index in [9.17, 15) is 52.7 Å². The van der Waals surface area contributed by atoms with E-state index >= 15 is 0 Å². The summed E-state index contributed by atoms with van der Waals surface area (Å²) in [5.74, 6) is -9.19. The number of nitrogens with one attached hydrogen (secondary N) is 2. The molecular weight excluding hydrogens is 1240 g/mol. The number of hydrogen-bond acceptors (Lipinski definition) is 23. The summed E-state index contributed by atoms with van der Waals surface area (Å²) < 4.78 is 68.5. The van der Waals surface area contributed by atoms with Crippen LogP contribution < -0.4 is 15.4 Å². The zero-order valence-electron chi connectivity index (χ0n) is 57.5. The van der Waals surface area contributed by atoms with Crippen LogP contribution in [-0.2, 0) is 104 Å². The Morgan fingerprint density at radius 3 is 1.93 bits per heavy atom. The van der Waals surface area contributed by atoms with Crippen molar-refractivity contribution in [3.05, 3.63) is 65.4 Å². The molecular formula is C67H95N5O23. The lowest BCUT2D eigenvalue weighted by Crippen LogP contribution is -2.63. The van der Waals surface area contributed by atoms with Crippen molar-refractivity contribution in [2.24, 2.45) is 23.7 Å². The first-order chi connectivity index (χ1) is 44.9. The predicted molar refractivity (Wildman–Crippen MR) is 338 cm³/mol. The van der Waals surface area contributed by atoms with Gasteiger partial charge in [0.05, 0.1) is 55.7 Å². The molecule has 1 aromatic heterocycles. The molecule has 2 aromatic carbocycles. The standard InChI is InChI=1S/C67H95N5O23/c1-18-37(7)55(49(84-15)32-52(77)72-29-23-26-47(72)56(85-16)38(8)61(78)68-46(64(81)86-17)30-43-24-21-20-22-25-43)70(13)63(80)53(35(3)4)69-62(79)54(36(5)6)71(14)67(83)89-33-44-27-28-48(45-31-50(93-57(44)45)65(82)87-19-2)94-66-60(92-42(12)76)59(91-41(11)75)58(90-40(10)74)51(95-66)34-88-39(9)73/h20-22,24-25,27-28,31,35-38,46-47,49,51,53-56,58-60,66H,18-19,23,26,29-30,32-34H2,1-17H3,(H,68,78)(H,69,79)/t37?,38-,46?,47+,49-,51-,53+,54+,55+,56-,58+,59+,60-,66-/m1/s1. The van der Waals surface area contributed by atoms with Gasteiger partial charge in [0.1, 0.15) is 48.8 Å². The van der Waals surface area contributed by atoms with Crippen molar-refractivity contribution in [2.45, 2.75) is 195 Å². The molecule has 0 radical (unpaired) electrons. The van der Waals surface area contributed by atoms with Gasteiger partial charge in [-0.15, -0.1) is 0 Å². The molecule has 95 heavy (non-hydrogen) atoms. The number of amides is 5. The molecule has 28 nitrogen and oxygen atoms in total. The SMILES string of the molecule is CCOC(=O)c1cc2c(O[C@@H]3O[C@H](COC(C)=O)[C@H](OC(C)=O)[C@H](OC(C)=O)[C@H]3OC(C)=O)ccc(COC(=O)N(C)[C@H](C(=O)N[C@H](C(=O)N(C)[C@@H](C(C)CC)[C@@H](CC(=O)N3CCC[C@H]3[C@H](OC)[C@@H](C)C(=O)NC(Cc3ccccc3)C(=O)OC)OC)C(C)C)C(C)C)c2o1. The van der Waals surface area contributed by atoms with Crippen LogP contribution in [0.4, 0.5) is 4.79 Å². The van der Waals surface area contributed by atoms with Crippen LogP contribution in [-0.4, -0.2) is 209 Å². The number of likely N-dealkylation sites (tertiary alicyclic amines) is 1. The van der Waals surface area contributed by atoms with Gasteiger partial charge in [-0.05, 0) is 55.2 Å². The molecule has 3 aromatic rings. The first-order valence-corrected chi connectivity index (χ1v) is 31.9. The second-order valence-electron chi connectivity index (χ2n) is 24.4. The van der Waals surface area contributed by atoms with Crippen molar-refractivity contribution in [1.82, 2.24) is 25.3 Å². The quantitative estimate of drug-likeness (QED) is 0.0565. The van der Waals surface area contributed by atoms with Gasteiger partial charge in [0.15, 0.2) is 12.2 Å². The summed E-state index contributed by atoms with van der Waals surface area (Å²) in [6.07, 6.45) is -8.53. The van der Waals surface area contributed by atoms with Crippen molar-refractivity contribution in [3.8, 4) is 5.75 Å². The molecule has 2 unspecified atom stereocenters. The Labute approximate surface area is 554 Å². The zero-order chi connectivity index (χ0) is 70.7. The average Bonchev–Trinajstić information content (AvgIpc) is 1.76. The number of furan rings is 1. The number of likely N-dealkylation sites (N-methyl/N-ethyl adjacent to an activating group) is 2. The van der Waals surface area contributed by atoms with Gasteiger partial charge < -0.3 is 77.0 Å². The second kappa shape index (κ2) is 35.9. The number of carbonyl (C=O) groups is 11. The van der Waals surface area contributed by atoms with Crippen LogP contribution >= 0.6 is 0 Å². The minimum absolute atomic E-state index is 0.0362. The van der Waals surface area contributed by atoms with E-state index in [4.69, 9.17) is 56.5 Å². The molecule has 2 aliphatic rings. The highest BCUT2D eigenvalue weighted by Crippen LogP contribution is 2.38. The molecule has 14 atom stereocenters. The summed E-state index contributed by atoms with van der Waals surface area (Å²) in [5, 5.41) is 5.83. The molecule has 526 valence electrons. The predicted octanol–water partition coefficient (Wildman–Crippen LogP) is 5.63. The maximum absolute atomic E-state index is 15.0. The molecule has 5 amide bonds. The van der Waals surface area contributed by atoms with Gasteiger partial charge in [-0.2, -0.15) is 0 Å². The van der Waals surface area contributed by atoms with Crippen molar-refractivity contribution >= 4 is 76.5 Å². The molecule has 0 aliphatic carbocycles. The molecule has 2 aliphatic heterocycles. The summed E-state index contributed by atoms with van der Waals surface area (Å²) in [6, 6.07) is 8.76. The van der Waals surface area contributed by atoms with Crippen LogP contribution in [0.25, 0.3) is 11.0 Å². The third kappa shape index (κ3) is 20.3. The van der Waals surface area contributed by atoms with E-state index < -0.39 is 164 Å². The van der Waals surface area contributed by atoms with E-state index in [0.29, 0.717) is 25.8 Å². The summed E-state index contributed by atoms with van der Waals surface area (Å²) in [7, 11) is 7.15. The fourth-order valence-corrected chi connectivity index (χ4v) is 12.1. The number of nitrogens with zero attached hydrogens (tertiary/aromatic N) is 3. The number of benzene rings is 2. The molecule has 28 heteroatoms. The lowest BCUT2D eigenvalue weighted by Gasteiger charge is -2.43. The fraction of sp³-hybridized carbons (Fsp3) is 0.627. The highest BCUT2D eigenvalue weighted by Gasteiger charge is 2.54. The van der Waals surface area contributed by atoms with Crippen LogP contribution in [0.15, 0.2) is 52.9 Å². The molecule has 5 rings (SSSR count). The Balaban J connectivity index is 1.35. The molecule has 0 bridgehead atoms. The van der Waals surface area contributed by atoms with Gasteiger partial charge in [0.2, 0.25) is 41.8 Å². The third-order valence-electron chi connectivity index (χ3n) is 16.9. The summed E-state index contributed by atoms with van der Waals surface area (Å²) in [6.45, 7) is 17.7. The van der Waals surface area contributed by atoms with Gasteiger partial charge in [0, 0.05) is 80.6 Å². The second-order valence-corrected chi connectivity index (χ2v) is 24.4. The molecule has 3 heterocycles. The van der Waals surface area contributed by atoms with Crippen molar-refractivity contribution in [3.63, 3.8) is 0 Å². The number of fused-ring (bicyclic) bond motifs is 1. The summed E-state index contributed by atoms with van der Waals surface area (Å²) >= 11 is 0. The first-order valence-electron chi connectivity index (χ1n) is 31.9. The number of esters is 6. The fourth-order valence-electron chi connectivity index (χ4n) is 12.1. The van der Waals surface area contributed by atoms with E-state index in [2.05, 4.69) is 10.6 Å². The molecule has 2 N–H and O–H groups in total. The van der Waals surface area contributed by atoms with Gasteiger partial charge in [-0.3, -0.25) is 43.3 Å². The number of carbonyl (C=O) groups excluding carboxylic acids is 11. The largest absolute Gasteiger partial charge is 0.467 e. The molecule has 0 saturated carbocycles. The van der Waals surface area contributed by atoms with Crippen LogP contribution in [0.3, 0.4) is 0 Å². The monoisotopic (exact) mass is 1340 g/mol. The van der Waals surface area contributed by atoms with E-state index in [0.717, 1.165) is 38.2 Å². The van der Waals surface area contributed by atoms with Gasteiger partial charge in [0.25, 0.3) is 0 Å². The van der Waals surface area contributed by atoms with Gasteiger partial charge >= 0.3 is 41.9 Å². The number of hydrogen-bond donors (Lipinski definition) is 2. The first kappa shape index (κ1) is 77.3. The average molecular weight is 1340 g/mol. The van der Waals surface area contributed by atoms with Crippen molar-refractivity contribution in [2.75, 3.05) is 55.2 Å². The highest BCUT2D eigenvalue weighted by molar-refractivity contribution is 5.96. The van der Waals surface area contributed by atoms with E-state index in [1.807, 2.05) is 44.2 Å². The number of ether oxygens (including phenoxy) is 11. The maximum atomic E-state index is 15.0. The van der Waals surface area contributed by atoms with Crippen LogP contribution in [0.2, 0.25) is 0 Å². The maximum Gasteiger partial charge on any atom is 0.410 e. The number of rotatable bonds is 32. The molecule has 0 spiro atoms. The van der Waals surface area contributed by atoms with E-state index in [1.165, 1.54) is 51.5 Å². The molecule has 2 saturated heterocycles. The highest BCUT2D eigenvalue weighted by atomic mass is 16.7. The van der Waals surface area contributed by atoms with E-state index in [1.54, 1.807) is 53.5 Å².